The van der Waals surface area contributed by atoms with Crippen molar-refractivity contribution in [3.63, 3.8) is 0 Å². The predicted molar refractivity (Wildman–Crippen MR) is 62.7 cm³/mol. The van der Waals surface area contributed by atoms with Crippen molar-refractivity contribution in [1.82, 2.24) is 14.8 Å². The van der Waals surface area contributed by atoms with Crippen LogP contribution in [0.4, 0.5) is 0 Å². The Kier molecular flexibility index (Phi) is 3.85. The monoisotopic (exact) mass is 243 g/mol. The second-order valence-corrected chi connectivity index (χ2v) is 4.64. The molecular weight excluding hydrogens is 226 g/mol. The van der Waals surface area contributed by atoms with Crippen molar-refractivity contribution in [2.24, 2.45) is 0 Å². The van der Waals surface area contributed by atoms with Gasteiger partial charge in [-0.1, -0.05) is 20.8 Å². The minimum absolute atomic E-state index is 0.102. The van der Waals surface area contributed by atoms with Gasteiger partial charge in [-0.2, -0.15) is 5.10 Å². The predicted octanol–water partition coefficient (Wildman–Crippen LogP) is 1.80. The average molecular weight is 243 g/mol. The number of carbonyl (C=O) groups excluding carboxylic acids is 1. The number of nitrogens with zero attached hydrogens (tertiary/aromatic N) is 2. The normalized spacial score (nSPS) is 11.5. The molecule has 0 spiro atoms. The maximum absolute atomic E-state index is 11.3. The fourth-order valence-corrected chi connectivity index (χ4v) is 1.53. The number of ether oxygens (including phenoxy) is 1. The first-order chi connectivity index (χ1) is 7.42. The van der Waals surface area contributed by atoms with Gasteiger partial charge in [0.2, 0.25) is 0 Å². The minimum Gasteiger partial charge on any atom is -0.468 e. The summed E-state index contributed by atoms with van der Waals surface area (Å²) in [5, 5.41) is 6.90. The first kappa shape index (κ1) is 12.9. The van der Waals surface area contributed by atoms with Crippen LogP contribution in [-0.2, 0) is 21.5 Å². The van der Waals surface area contributed by atoms with E-state index in [4.69, 9.17) is 12.2 Å². The van der Waals surface area contributed by atoms with Crippen LogP contribution in [0.3, 0.4) is 0 Å². The Morgan fingerprint density at radius 1 is 1.62 bits per heavy atom. The van der Waals surface area contributed by atoms with Crippen molar-refractivity contribution >= 4 is 18.2 Å². The fourth-order valence-electron chi connectivity index (χ4n) is 1.33. The van der Waals surface area contributed by atoms with E-state index in [1.54, 1.807) is 4.57 Å². The molecule has 1 aromatic rings. The Hall–Kier alpha value is -1.17. The standard InChI is InChI=1S/C10H17N3O2S/c1-5-10(2,3)8-11-12-9(16)13(8)6-7(14)15-4/h5-6H2,1-4H3,(H,12,16). The number of aromatic amines is 1. The van der Waals surface area contributed by atoms with Crippen LogP contribution in [0.5, 0.6) is 0 Å². The number of esters is 1. The fraction of sp³-hybridized carbons (Fsp3) is 0.700. The van der Waals surface area contributed by atoms with Crippen LogP contribution in [0.2, 0.25) is 0 Å². The average Bonchev–Trinajstić information content (AvgIpc) is 2.61. The molecule has 0 saturated carbocycles. The minimum atomic E-state index is -0.328. The maximum Gasteiger partial charge on any atom is 0.325 e. The number of hydrogen-bond donors (Lipinski definition) is 1. The molecule has 1 heterocycles. The van der Waals surface area contributed by atoms with Crippen molar-refractivity contribution in [2.45, 2.75) is 39.2 Å². The lowest BCUT2D eigenvalue weighted by Gasteiger charge is -2.21. The highest BCUT2D eigenvalue weighted by molar-refractivity contribution is 7.71. The molecule has 1 rings (SSSR count). The molecule has 0 saturated heterocycles. The van der Waals surface area contributed by atoms with Crippen molar-refractivity contribution in [3.8, 4) is 0 Å². The van der Waals surface area contributed by atoms with Gasteiger partial charge in [0.15, 0.2) is 4.77 Å². The molecule has 0 aliphatic rings. The van der Waals surface area contributed by atoms with Gasteiger partial charge >= 0.3 is 5.97 Å². The van der Waals surface area contributed by atoms with Gasteiger partial charge in [0.05, 0.1) is 7.11 Å². The Labute approximate surface area is 99.8 Å². The van der Waals surface area contributed by atoms with Gasteiger partial charge in [0.25, 0.3) is 0 Å². The quantitative estimate of drug-likeness (QED) is 0.647. The summed E-state index contributed by atoms with van der Waals surface area (Å²) < 4.78 is 6.76. The Morgan fingerprint density at radius 3 is 2.75 bits per heavy atom. The highest BCUT2D eigenvalue weighted by Gasteiger charge is 2.25. The van der Waals surface area contributed by atoms with Crippen LogP contribution < -0.4 is 0 Å². The molecule has 0 aliphatic heterocycles. The van der Waals surface area contributed by atoms with Crippen LogP contribution in [0, 0.1) is 4.77 Å². The maximum atomic E-state index is 11.3. The number of rotatable bonds is 4. The molecule has 0 fully saturated rings. The van der Waals surface area contributed by atoms with Crippen LogP contribution in [0.15, 0.2) is 0 Å². The lowest BCUT2D eigenvalue weighted by molar-refractivity contribution is -0.141. The van der Waals surface area contributed by atoms with E-state index in [1.165, 1.54) is 7.11 Å². The molecule has 0 aliphatic carbocycles. The molecule has 0 aromatic carbocycles. The Balaban J connectivity index is 3.13. The molecule has 0 bridgehead atoms. The van der Waals surface area contributed by atoms with Crippen LogP contribution in [0.1, 0.15) is 33.0 Å². The zero-order valence-electron chi connectivity index (χ0n) is 10.0. The van der Waals surface area contributed by atoms with Crippen LogP contribution in [-0.4, -0.2) is 27.8 Å². The Bertz CT molecular complexity index is 434. The van der Waals surface area contributed by atoms with Gasteiger partial charge in [-0.3, -0.25) is 14.5 Å². The summed E-state index contributed by atoms with van der Waals surface area (Å²) in [5.41, 5.74) is -0.123. The molecule has 90 valence electrons. The van der Waals surface area contributed by atoms with E-state index in [9.17, 15) is 4.79 Å². The zero-order valence-corrected chi connectivity index (χ0v) is 10.8. The molecule has 6 heteroatoms. The molecule has 1 aromatic heterocycles. The summed E-state index contributed by atoms with van der Waals surface area (Å²) in [6.07, 6.45) is 0.911. The summed E-state index contributed by atoms with van der Waals surface area (Å²) >= 11 is 5.09. The molecule has 0 atom stereocenters. The number of nitrogens with one attached hydrogen (secondary N) is 1. The molecule has 0 amide bonds. The SMILES string of the molecule is CCC(C)(C)c1n[nH]c(=S)n1CC(=O)OC. The third-order valence-electron chi connectivity index (χ3n) is 2.76. The van der Waals surface area contributed by atoms with E-state index >= 15 is 0 Å². The van der Waals surface area contributed by atoms with E-state index in [0.29, 0.717) is 4.77 Å². The molecule has 0 radical (unpaired) electrons. The van der Waals surface area contributed by atoms with Gasteiger partial charge in [-0.25, -0.2) is 0 Å². The number of H-pyrrole nitrogens is 1. The third-order valence-corrected chi connectivity index (χ3v) is 3.07. The summed E-state index contributed by atoms with van der Waals surface area (Å²) in [6.45, 7) is 6.29. The van der Waals surface area contributed by atoms with Crippen molar-refractivity contribution in [3.05, 3.63) is 10.6 Å². The highest BCUT2D eigenvalue weighted by Crippen LogP contribution is 2.24. The summed E-state index contributed by atoms with van der Waals surface area (Å²) in [4.78, 5) is 11.3. The third kappa shape index (κ3) is 2.49. The van der Waals surface area contributed by atoms with E-state index in [1.807, 2.05) is 0 Å². The molecule has 1 N–H and O–H groups in total. The first-order valence-corrected chi connectivity index (χ1v) is 5.55. The molecule has 16 heavy (non-hydrogen) atoms. The summed E-state index contributed by atoms with van der Waals surface area (Å²) in [6, 6.07) is 0. The van der Waals surface area contributed by atoms with Gasteiger partial charge in [-0.15, -0.1) is 0 Å². The van der Waals surface area contributed by atoms with Gasteiger partial charge in [0.1, 0.15) is 12.4 Å². The van der Waals surface area contributed by atoms with Crippen molar-refractivity contribution in [2.75, 3.05) is 7.11 Å². The first-order valence-electron chi connectivity index (χ1n) is 5.15. The smallest absolute Gasteiger partial charge is 0.325 e. The number of hydrogen-bond acceptors (Lipinski definition) is 4. The van der Waals surface area contributed by atoms with E-state index in [0.717, 1.165) is 12.2 Å². The number of carbonyl (C=O) groups is 1. The Morgan fingerprint density at radius 2 is 2.25 bits per heavy atom. The van der Waals surface area contributed by atoms with Gasteiger partial charge < -0.3 is 4.74 Å². The van der Waals surface area contributed by atoms with E-state index in [-0.39, 0.29) is 17.9 Å². The molecule has 5 nitrogen and oxygen atoms in total. The van der Waals surface area contributed by atoms with Crippen LogP contribution in [0.25, 0.3) is 0 Å². The van der Waals surface area contributed by atoms with E-state index < -0.39 is 0 Å². The van der Waals surface area contributed by atoms with Crippen molar-refractivity contribution in [1.29, 1.82) is 0 Å². The lowest BCUT2D eigenvalue weighted by atomic mass is 9.89. The molecular formula is C10H17N3O2S. The summed E-state index contributed by atoms with van der Waals surface area (Å²) in [7, 11) is 1.36. The van der Waals surface area contributed by atoms with Gasteiger partial charge in [-0.05, 0) is 18.6 Å². The second kappa shape index (κ2) is 4.78. The van der Waals surface area contributed by atoms with Gasteiger partial charge in [0, 0.05) is 5.41 Å². The number of methoxy groups -OCH3 is 1. The van der Waals surface area contributed by atoms with E-state index in [2.05, 4.69) is 35.7 Å². The lowest BCUT2D eigenvalue weighted by Crippen LogP contribution is -2.24. The second-order valence-electron chi connectivity index (χ2n) is 4.25. The topological polar surface area (TPSA) is 59.9 Å². The molecule has 0 unspecified atom stereocenters. The largest absolute Gasteiger partial charge is 0.468 e. The van der Waals surface area contributed by atoms with Crippen LogP contribution >= 0.6 is 12.2 Å². The van der Waals surface area contributed by atoms with Crippen molar-refractivity contribution < 1.29 is 9.53 Å². The number of aromatic nitrogens is 3. The highest BCUT2D eigenvalue weighted by atomic mass is 32.1. The summed E-state index contributed by atoms with van der Waals surface area (Å²) in [5.74, 6) is 0.455. The zero-order chi connectivity index (χ0) is 12.3.